The van der Waals surface area contributed by atoms with Crippen molar-refractivity contribution in [2.75, 3.05) is 39.3 Å². The largest absolute Gasteiger partial charge is 0.395 e. The predicted octanol–water partition coefficient (Wildman–Crippen LogP) is 2.47. The van der Waals surface area contributed by atoms with E-state index in [1.54, 1.807) is 17.7 Å². The molecule has 0 aliphatic carbocycles. The molecule has 0 atom stereocenters. The number of aliphatic hydroxyl groups is 1. The third-order valence-electron chi connectivity index (χ3n) is 4.72. The molecule has 5 nitrogen and oxygen atoms in total. The van der Waals surface area contributed by atoms with E-state index in [1.165, 1.54) is 16.0 Å². The minimum atomic E-state index is 0.255. The standard InChI is InChI=1S/C19H22N4OS/c24-10-9-22-5-7-23(8-6-22)13-15-1-3-16(4-2-15)18-11-17-19(25-18)12-20-14-21-17/h1-4,11-12,14,24H,5-10,13H2. The molecule has 130 valence electrons. The van der Waals surface area contributed by atoms with Crippen LogP contribution >= 0.6 is 11.3 Å². The molecule has 25 heavy (non-hydrogen) atoms. The van der Waals surface area contributed by atoms with Crippen LogP contribution in [0.15, 0.2) is 42.9 Å². The van der Waals surface area contributed by atoms with Crippen molar-refractivity contribution in [3.05, 3.63) is 48.4 Å². The average Bonchev–Trinajstić information content (AvgIpc) is 3.08. The van der Waals surface area contributed by atoms with E-state index in [4.69, 9.17) is 5.11 Å². The number of hydrogen-bond donors (Lipinski definition) is 1. The van der Waals surface area contributed by atoms with Crippen LogP contribution in [-0.2, 0) is 6.54 Å². The molecule has 0 amide bonds. The topological polar surface area (TPSA) is 52.5 Å². The number of piperazine rings is 1. The van der Waals surface area contributed by atoms with Gasteiger partial charge in [-0.2, -0.15) is 0 Å². The van der Waals surface area contributed by atoms with Crippen molar-refractivity contribution in [1.82, 2.24) is 19.8 Å². The predicted molar refractivity (Wildman–Crippen MR) is 102 cm³/mol. The maximum absolute atomic E-state index is 9.02. The maximum atomic E-state index is 9.02. The monoisotopic (exact) mass is 354 g/mol. The second-order valence-electron chi connectivity index (χ2n) is 6.42. The SMILES string of the molecule is OCCN1CCN(Cc2ccc(-c3cc4ncncc4s3)cc2)CC1. The fourth-order valence-electron chi connectivity index (χ4n) is 3.27. The Morgan fingerprint density at radius 3 is 2.52 bits per heavy atom. The van der Waals surface area contributed by atoms with E-state index in [9.17, 15) is 0 Å². The minimum Gasteiger partial charge on any atom is -0.395 e. The molecule has 1 aliphatic rings. The van der Waals surface area contributed by atoms with Gasteiger partial charge in [0.15, 0.2) is 0 Å². The van der Waals surface area contributed by atoms with Crippen LogP contribution in [0.5, 0.6) is 0 Å². The van der Waals surface area contributed by atoms with Crippen LogP contribution in [0.25, 0.3) is 20.7 Å². The molecular formula is C19H22N4OS. The van der Waals surface area contributed by atoms with Crippen LogP contribution in [0.1, 0.15) is 5.56 Å². The van der Waals surface area contributed by atoms with E-state index in [1.807, 2.05) is 6.20 Å². The van der Waals surface area contributed by atoms with Crippen molar-refractivity contribution in [3.63, 3.8) is 0 Å². The summed E-state index contributed by atoms with van der Waals surface area (Å²) >= 11 is 1.74. The van der Waals surface area contributed by atoms with Gasteiger partial charge in [0.2, 0.25) is 0 Å². The van der Waals surface area contributed by atoms with Gasteiger partial charge in [-0.05, 0) is 17.2 Å². The molecule has 0 spiro atoms. The van der Waals surface area contributed by atoms with E-state index in [-0.39, 0.29) is 6.61 Å². The molecule has 6 heteroatoms. The highest BCUT2D eigenvalue weighted by Gasteiger charge is 2.16. The molecule has 1 aromatic carbocycles. The number of aromatic nitrogens is 2. The second-order valence-corrected chi connectivity index (χ2v) is 7.50. The molecule has 1 aliphatic heterocycles. The third kappa shape index (κ3) is 3.88. The van der Waals surface area contributed by atoms with Gasteiger partial charge in [0.05, 0.1) is 16.8 Å². The van der Waals surface area contributed by atoms with Crippen LogP contribution in [0.4, 0.5) is 0 Å². The van der Waals surface area contributed by atoms with Crippen LogP contribution in [-0.4, -0.2) is 64.2 Å². The lowest BCUT2D eigenvalue weighted by atomic mass is 10.1. The number of β-amino-alcohol motifs (C(OH)–C–C–N with tert-alkyl or cyclic N) is 1. The fraction of sp³-hybridized carbons (Fsp3) is 0.368. The van der Waals surface area contributed by atoms with Gasteiger partial charge in [-0.3, -0.25) is 9.80 Å². The first kappa shape index (κ1) is 16.6. The summed E-state index contributed by atoms with van der Waals surface area (Å²) in [5, 5.41) is 9.02. The van der Waals surface area contributed by atoms with Gasteiger partial charge in [0.25, 0.3) is 0 Å². The minimum absolute atomic E-state index is 0.255. The summed E-state index contributed by atoms with van der Waals surface area (Å²) in [6, 6.07) is 11.0. The first-order chi connectivity index (χ1) is 12.3. The molecule has 3 heterocycles. The van der Waals surface area contributed by atoms with Gasteiger partial charge in [-0.1, -0.05) is 24.3 Å². The summed E-state index contributed by atoms with van der Waals surface area (Å²) in [7, 11) is 0. The van der Waals surface area contributed by atoms with Gasteiger partial charge in [0, 0.05) is 50.3 Å². The van der Waals surface area contributed by atoms with Crippen molar-refractivity contribution < 1.29 is 5.11 Å². The third-order valence-corrected chi connectivity index (χ3v) is 5.83. The number of thiophene rings is 1. The lowest BCUT2D eigenvalue weighted by Gasteiger charge is -2.34. The zero-order chi connectivity index (χ0) is 17.1. The van der Waals surface area contributed by atoms with E-state index in [2.05, 4.69) is 50.1 Å². The molecule has 1 fully saturated rings. The Hall–Kier alpha value is -1.86. The number of rotatable bonds is 5. The van der Waals surface area contributed by atoms with Crippen LogP contribution in [0.2, 0.25) is 0 Å². The number of nitrogens with zero attached hydrogens (tertiary/aromatic N) is 4. The molecule has 0 bridgehead atoms. The molecule has 0 unspecified atom stereocenters. The Balaban J connectivity index is 1.40. The van der Waals surface area contributed by atoms with Gasteiger partial charge in [-0.25, -0.2) is 9.97 Å². The summed E-state index contributed by atoms with van der Waals surface area (Å²) in [5.74, 6) is 0. The maximum Gasteiger partial charge on any atom is 0.116 e. The molecule has 1 N–H and O–H groups in total. The van der Waals surface area contributed by atoms with Gasteiger partial charge in [0.1, 0.15) is 6.33 Å². The number of aliphatic hydroxyl groups excluding tert-OH is 1. The van der Waals surface area contributed by atoms with E-state index in [0.717, 1.165) is 49.5 Å². The molecular weight excluding hydrogens is 332 g/mol. The number of benzene rings is 1. The molecule has 1 saturated heterocycles. The van der Waals surface area contributed by atoms with E-state index >= 15 is 0 Å². The summed E-state index contributed by atoms with van der Waals surface area (Å²) in [4.78, 5) is 14.5. The summed E-state index contributed by atoms with van der Waals surface area (Å²) < 4.78 is 1.13. The fourth-order valence-corrected chi connectivity index (χ4v) is 4.26. The molecule has 0 saturated carbocycles. The quantitative estimate of drug-likeness (QED) is 0.763. The highest BCUT2D eigenvalue weighted by Crippen LogP contribution is 2.32. The molecule has 2 aromatic heterocycles. The van der Waals surface area contributed by atoms with Crippen molar-refractivity contribution in [2.45, 2.75) is 6.54 Å². The van der Waals surface area contributed by atoms with Crippen molar-refractivity contribution >= 4 is 21.6 Å². The Morgan fingerprint density at radius 2 is 1.80 bits per heavy atom. The van der Waals surface area contributed by atoms with Crippen molar-refractivity contribution in [1.29, 1.82) is 0 Å². The molecule has 4 rings (SSSR count). The Bertz CT molecular complexity index is 792. The smallest absolute Gasteiger partial charge is 0.116 e. The number of hydrogen-bond acceptors (Lipinski definition) is 6. The zero-order valence-corrected chi connectivity index (χ0v) is 15.0. The average molecular weight is 354 g/mol. The van der Waals surface area contributed by atoms with Crippen LogP contribution < -0.4 is 0 Å². The van der Waals surface area contributed by atoms with Crippen molar-refractivity contribution in [3.8, 4) is 10.4 Å². The highest BCUT2D eigenvalue weighted by atomic mass is 32.1. The molecule has 0 radical (unpaired) electrons. The summed E-state index contributed by atoms with van der Waals surface area (Å²) in [6.07, 6.45) is 3.48. The Kier molecular flexibility index (Phi) is 5.03. The first-order valence-corrected chi connectivity index (χ1v) is 9.48. The summed E-state index contributed by atoms with van der Waals surface area (Å²) in [5.41, 5.74) is 3.60. The summed E-state index contributed by atoms with van der Waals surface area (Å²) in [6.45, 7) is 6.26. The van der Waals surface area contributed by atoms with Gasteiger partial charge >= 0.3 is 0 Å². The normalized spacial score (nSPS) is 16.5. The molecule has 3 aromatic rings. The van der Waals surface area contributed by atoms with Gasteiger partial charge in [-0.15, -0.1) is 11.3 Å². The second kappa shape index (κ2) is 7.58. The lowest BCUT2D eigenvalue weighted by molar-refractivity contribution is 0.108. The van der Waals surface area contributed by atoms with E-state index in [0.29, 0.717) is 0 Å². The Labute approximate surface area is 151 Å². The number of fused-ring (bicyclic) bond motifs is 1. The highest BCUT2D eigenvalue weighted by molar-refractivity contribution is 7.22. The van der Waals surface area contributed by atoms with E-state index < -0.39 is 0 Å². The van der Waals surface area contributed by atoms with Crippen LogP contribution in [0, 0.1) is 0 Å². The van der Waals surface area contributed by atoms with Crippen LogP contribution in [0.3, 0.4) is 0 Å². The Morgan fingerprint density at radius 1 is 1.04 bits per heavy atom. The first-order valence-electron chi connectivity index (χ1n) is 8.66. The zero-order valence-electron chi connectivity index (χ0n) is 14.1. The lowest BCUT2D eigenvalue weighted by Crippen LogP contribution is -2.46. The van der Waals surface area contributed by atoms with Gasteiger partial charge < -0.3 is 5.11 Å². The van der Waals surface area contributed by atoms with Crippen molar-refractivity contribution in [2.24, 2.45) is 0 Å².